The summed E-state index contributed by atoms with van der Waals surface area (Å²) in [6.07, 6.45) is 0.405. The molecule has 0 fully saturated rings. The van der Waals surface area contributed by atoms with Gasteiger partial charge in [0.2, 0.25) is 5.91 Å². The number of rotatable bonds is 6. The first-order valence-corrected chi connectivity index (χ1v) is 6.57. The Labute approximate surface area is 116 Å². The summed E-state index contributed by atoms with van der Waals surface area (Å²) in [5, 5.41) is 11.8. The predicted octanol–water partition coefficient (Wildman–Crippen LogP) is -0.563. The number of carbonyl (C=O) groups is 1. The molecule has 0 aromatic carbocycles. The van der Waals surface area contributed by atoms with Crippen LogP contribution in [0.25, 0.3) is 0 Å². The molecule has 7 nitrogen and oxygen atoms in total. The number of amides is 1. The fourth-order valence-corrected chi connectivity index (χ4v) is 1.79. The van der Waals surface area contributed by atoms with Crippen LogP contribution in [0, 0.1) is 12.8 Å². The summed E-state index contributed by atoms with van der Waals surface area (Å²) in [6.45, 7) is 5.28. The van der Waals surface area contributed by atoms with E-state index < -0.39 is 11.2 Å². The molecule has 2 unspecified atom stereocenters. The molecule has 7 heteroatoms. The van der Waals surface area contributed by atoms with Gasteiger partial charge >= 0.3 is 5.69 Å². The van der Waals surface area contributed by atoms with Crippen LogP contribution >= 0.6 is 0 Å². The quantitative estimate of drug-likeness (QED) is 0.560. The van der Waals surface area contributed by atoms with E-state index in [1.54, 1.807) is 6.92 Å². The third kappa shape index (κ3) is 4.34. The number of carbonyl (C=O) groups excluding carboxylic acids is 1. The summed E-state index contributed by atoms with van der Waals surface area (Å²) in [7, 11) is 0. The van der Waals surface area contributed by atoms with Crippen molar-refractivity contribution in [3.8, 4) is 0 Å². The fraction of sp³-hybridized carbons (Fsp3) is 0.615. The van der Waals surface area contributed by atoms with Crippen molar-refractivity contribution in [3.63, 3.8) is 0 Å². The maximum atomic E-state index is 11.8. The van der Waals surface area contributed by atoms with E-state index in [4.69, 9.17) is 5.11 Å². The second kappa shape index (κ2) is 7.04. The smallest absolute Gasteiger partial charge is 0.325 e. The van der Waals surface area contributed by atoms with Gasteiger partial charge in [0.15, 0.2) is 0 Å². The molecule has 1 amide bonds. The molecular formula is C13H21N3O4. The van der Waals surface area contributed by atoms with Crippen LogP contribution in [0.2, 0.25) is 0 Å². The van der Waals surface area contributed by atoms with E-state index in [2.05, 4.69) is 15.3 Å². The van der Waals surface area contributed by atoms with Gasteiger partial charge in [0.05, 0.1) is 0 Å². The Morgan fingerprint density at radius 2 is 1.95 bits per heavy atom. The van der Waals surface area contributed by atoms with Crippen molar-refractivity contribution < 1.29 is 9.90 Å². The molecule has 0 saturated heterocycles. The van der Waals surface area contributed by atoms with Gasteiger partial charge in [0, 0.05) is 30.3 Å². The molecule has 1 rings (SSSR count). The first-order valence-electron chi connectivity index (χ1n) is 6.57. The molecule has 1 heterocycles. The van der Waals surface area contributed by atoms with Crippen molar-refractivity contribution >= 4 is 5.91 Å². The lowest BCUT2D eigenvalue weighted by Crippen LogP contribution is -2.38. The highest BCUT2D eigenvalue weighted by atomic mass is 16.3. The molecule has 0 spiro atoms. The molecule has 20 heavy (non-hydrogen) atoms. The van der Waals surface area contributed by atoms with E-state index in [1.165, 1.54) is 0 Å². The lowest BCUT2D eigenvalue weighted by Gasteiger charge is -2.19. The van der Waals surface area contributed by atoms with Crippen LogP contribution < -0.4 is 16.6 Å². The van der Waals surface area contributed by atoms with Crippen molar-refractivity contribution in [2.24, 2.45) is 5.92 Å². The molecule has 112 valence electrons. The SMILES string of the molecule is Cc1[nH]c(=O)[nH]c(=O)c1CCC(=O)NC(C)C(C)CO. The number of aliphatic hydroxyl groups is 1. The molecule has 4 N–H and O–H groups in total. The molecule has 1 aromatic heterocycles. The van der Waals surface area contributed by atoms with Gasteiger partial charge in [0.25, 0.3) is 5.56 Å². The molecule has 0 aliphatic rings. The summed E-state index contributed by atoms with van der Waals surface area (Å²) in [4.78, 5) is 39.0. The standard InChI is InChI=1S/C13H21N3O4/c1-7(6-17)8(2)14-11(18)5-4-10-9(3)15-13(20)16-12(10)19/h7-8,17H,4-6H2,1-3H3,(H,14,18)(H2,15,16,19,20). The number of aromatic nitrogens is 2. The fourth-order valence-electron chi connectivity index (χ4n) is 1.79. The van der Waals surface area contributed by atoms with Crippen LogP contribution in [0.1, 0.15) is 31.5 Å². The highest BCUT2D eigenvalue weighted by molar-refractivity contribution is 5.76. The molecule has 0 radical (unpaired) electrons. The van der Waals surface area contributed by atoms with Gasteiger partial charge in [-0.3, -0.25) is 14.6 Å². The first kappa shape index (κ1) is 16.2. The Bertz CT molecular complexity index is 576. The zero-order valence-electron chi connectivity index (χ0n) is 11.9. The summed E-state index contributed by atoms with van der Waals surface area (Å²) < 4.78 is 0. The molecule has 0 bridgehead atoms. The van der Waals surface area contributed by atoms with E-state index in [9.17, 15) is 14.4 Å². The minimum absolute atomic E-state index is 0.000144. The van der Waals surface area contributed by atoms with E-state index in [1.807, 2.05) is 13.8 Å². The highest BCUT2D eigenvalue weighted by Gasteiger charge is 2.15. The number of H-pyrrole nitrogens is 2. The number of aliphatic hydroxyl groups excluding tert-OH is 1. The predicted molar refractivity (Wildman–Crippen MR) is 74.6 cm³/mol. The Morgan fingerprint density at radius 3 is 2.50 bits per heavy atom. The molecule has 0 aliphatic heterocycles. The van der Waals surface area contributed by atoms with Crippen LogP contribution in [0.5, 0.6) is 0 Å². The molecule has 2 atom stereocenters. The minimum Gasteiger partial charge on any atom is -0.396 e. The summed E-state index contributed by atoms with van der Waals surface area (Å²) >= 11 is 0. The van der Waals surface area contributed by atoms with Crippen molar-refractivity contribution in [2.75, 3.05) is 6.61 Å². The number of nitrogens with one attached hydrogen (secondary N) is 3. The number of hydrogen-bond acceptors (Lipinski definition) is 4. The van der Waals surface area contributed by atoms with Crippen LogP contribution in [0.15, 0.2) is 9.59 Å². The Kier molecular flexibility index (Phi) is 5.69. The highest BCUT2D eigenvalue weighted by Crippen LogP contribution is 2.03. The molecular weight excluding hydrogens is 262 g/mol. The average molecular weight is 283 g/mol. The van der Waals surface area contributed by atoms with Crippen molar-refractivity contribution in [1.29, 1.82) is 0 Å². The maximum Gasteiger partial charge on any atom is 0.325 e. The largest absolute Gasteiger partial charge is 0.396 e. The monoisotopic (exact) mass is 283 g/mol. The topological polar surface area (TPSA) is 115 Å². The number of aromatic amines is 2. The van der Waals surface area contributed by atoms with Gasteiger partial charge in [-0.1, -0.05) is 6.92 Å². The Morgan fingerprint density at radius 1 is 1.30 bits per heavy atom. The Balaban J connectivity index is 2.62. The van der Waals surface area contributed by atoms with Crippen LogP contribution in [-0.2, 0) is 11.2 Å². The normalized spacial score (nSPS) is 13.8. The maximum absolute atomic E-state index is 11.8. The zero-order valence-corrected chi connectivity index (χ0v) is 11.9. The van der Waals surface area contributed by atoms with E-state index in [0.29, 0.717) is 11.3 Å². The third-order valence-electron chi connectivity index (χ3n) is 3.39. The van der Waals surface area contributed by atoms with E-state index >= 15 is 0 Å². The summed E-state index contributed by atoms with van der Waals surface area (Å²) in [5.41, 5.74) is -0.132. The molecule has 1 aromatic rings. The average Bonchev–Trinajstić information content (AvgIpc) is 2.36. The van der Waals surface area contributed by atoms with E-state index in [0.717, 1.165) is 0 Å². The van der Waals surface area contributed by atoms with Crippen molar-refractivity contribution in [2.45, 2.75) is 39.7 Å². The van der Waals surface area contributed by atoms with Crippen LogP contribution in [-0.4, -0.2) is 33.6 Å². The molecule has 0 aliphatic carbocycles. The second-order valence-corrected chi connectivity index (χ2v) is 5.03. The number of hydrogen-bond donors (Lipinski definition) is 4. The lowest BCUT2D eigenvalue weighted by molar-refractivity contribution is -0.122. The number of aryl methyl sites for hydroxylation is 1. The molecule has 0 saturated carbocycles. The summed E-state index contributed by atoms with van der Waals surface area (Å²) in [5.74, 6) is -0.222. The minimum atomic E-state index is -0.550. The second-order valence-electron chi connectivity index (χ2n) is 5.03. The van der Waals surface area contributed by atoms with Gasteiger partial charge in [-0.25, -0.2) is 4.79 Å². The van der Waals surface area contributed by atoms with Crippen LogP contribution in [0.4, 0.5) is 0 Å². The van der Waals surface area contributed by atoms with Gasteiger partial charge in [0.1, 0.15) is 0 Å². The van der Waals surface area contributed by atoms with Gasteiger partial charge in [-0.05, 0) is 26.2 Å². The van der Waals surface area contributed by atoms with Crippen LogP contribution in [0.3, 0.4) is 0 Å². The zero-order chi connectivity index (χ0) is 15.3. The lowest BCUT2D eigenvalue weighted by atomic mass is 10.0. The van der Waals surface area contributed by atoms with Gasteiger partial charge < -0.3 is 15.4 Å². The first-order chi connectivity index (χ1) is 9.35. The summed E-state index contributed by atoms with van der Waals surface area (Å²) in [6, 6.07) is -0.137. The van der Waals surface area contributed by atoms with Crippen molar-refractivity contribution in [1.82, 2.24) is 15.3 Å². The van der Waals surface area contributed by atoms with Gasteiger partial charge in [-0.2, -0.15) is 0 Å². The van der Waals surface area contributed by atoms with Crippen molar-refractivity contribution in [3.05, 3.63) is 32.1 Å². The van der Waals surface area contributed by atoms with E-state index in [-0.39, 0.29) is 37.3 Å². The Hall–Kier alpha value is -1.89. The van der Waals surface area contributed by atoms with Gasteiger partial charge in [-0.15, -0.1) is 0 Å². The third-order valence-corrected chi connectivity index (χ3v) is 3.39.